The van der Waals surface area contributed by atoms with Crippen LogP contribution in [0.3, 0.4) is 0 Å². The zero-order chi connectivity index (χ0) is 18.4. The van der Waals surface area contributed by atoms with E-state index in [1.54, 1.807) is 0 Å². The second kappa shape index (κ2) is 7.60. The van der Waals surface area contributed by atoms with Crippen molar-refractivity contribution >= 4 is 43.9 Å². The number of sulfonamides is 1. The van der Waals surface area contributed by atoms with Crippen LogP contribution in [0.5, 0.6) is 0 Å². The van der Waals surface area contributed by atoms with Gasteiger partial charge in [0.15, 0.2) is 5.96 Å². The Morgan fingerprint density at radius 2 is 2.16 bits per heavy atom. The summed E-state index contributed by atoms with van der Waals surface area (Å²) < 4.78 is 27.0. The molecule has 0 fully saturated rings. The molecule has 0 unspecified atom stereocenters. The summed E-state index contributed by atoms with van der Waals surface area (Å²) in [5.41, 5.74) is 11.9. The van der Waals surface area contributed by atoms with Crippen LogP contribution in [0, 0.1) is 11.3 Å². The zero-order valence-corrected chi connectivity index (χ0v) is 14.3. The largest absolute Gasteiger partial charge is 0.370 e. The van der Waals surface area contributed by atoms with E-state index < -0.39 is 15.9 Å². The van der Waals surface area contributed by atoms with Gasteiger partial charge in [-0.15, -0.1) is 11.3 Å². The molecule has 25 heavy (non-hydrogen) atoms. The molecule has 130 valence electrons. The van der Waals surface area contributed by atoms with Gasteiger partial charge in [-0.1, -0.05) is 0 Å². The minimum absolute atomic E-state index is 0.0229. The van der Waals surface area contributed by atoms with E-state index in [0.29, 0.717) is 5.00 Å². The highest BCUT2D eigenvalue weighted by Gasteiger charge is 2.17. The summed E-state index contributed by atoms with van der Waals surface area (Å²) >= 11 is 1.12. The van der Waals surface area contributed by atoms with Crippen LogP contribution in [-0.2, 0) is 14.8 Å². The number of carbonyl (C=O) groups excluding carboxylic acids is 1. The Morgan fingerprint density at radius 1 is 1.40 bits per heavy atom. The second-order valence-corrected chi connectivity index (χ2v) is 7.15. The molecule has 0 bridgehead atoms. The SMILES string of the molecule is N#Cc1cc(S(=O)(=O)Nc2cncs2)ccc1NC(=O)CN=C(N)N. The molecule has 0 aliphatic carbocycles. The summed E-state index contributed by atoms with van der Waals surface area (Å²) in [5, 5.41) is 12.0. The molecule has 0 aliphatic rings. The van der Waals surface area contributed by atoms with Gasteiger partial charge >= 0.3 is 0 Å². The van der Waals surface area contributed by atoms with Gasteiger partial charge in [0, 0.05) is 0 Å². The number of hydrogen-bond donors (Lipinski definition) is 4. The molecule has 0 saturated carbocycles. The standard InChI is InChI=1S/C13H13N7O3S2/c14-4-8-3-9(25(22,23)20-12-6-17-7-24-12)1-2-10(8)19-11(21)5-18-13(15)16/h1-3,6-7,20H,5H2,(H,19,21)(H4,15,16,18). The van der Waals surface area contributed by atoms with Crippen LogP contribution in [0.2, 0.25) is 0 Å². The van der Waals surface area contributed by atoms with E-state index >= 15 is 0 Å². The Morgan fingerprint density at radius 3 is 2.76 bits per heavy atom. The molecule has 1 heterocycles. The number of aromatic nitrogens is 1. The van der Waals surface area contributed by atoms with Crippen LogP contribution >= 0.6 is 11.3 Å². The smallest absolute Gasteiger partial charge is 0.262 e. The quantitative estimate of drug-likeness (QED) is 0.404. The molecule has 0 aliphatic heterocycles. The number of amides is 1. The number of benzene rings is 1. The van der Waals surface area contributed by atoms with Crippen molar-refractivity contribution in [2.24, 2.45) is 16.5 Å². The number of carbonyl (C=O) groups is 1. The normalized spacial score (nSPS) is 10.5. The van der Waals surface area contributed by atoms with Crippen LogP contribution in [0.1, 0.15) is 5.56 Å². The van der Waals surface area contributed by atoms with Crippen LogP contribution in [0.25, 0.3) is 0 Å². The number of nitrogens with zero attached hydrogens (tertiary/aromatic N) is 3. The van der Waals surface area contributed by atoms with Gasteiger partial charge in [0.25, 0.3) is 10.0 Å². The number of aliphatic imine (C=N–C) groups is 1. The third kappa shape index (κ3) is 4.90. The Bertz CT molecular complexity index is 942. The molecule has 1 amide bonds. The van der Waals surface area contributed by atoms with E-state index in [1.807, 2.05) is 6.07 Å². The first kappa shape index (κ1) is 18.2. The van der Waals surface area contributed by atoms with Gasteiger partial charge in [-0.3, -0.25) is 14.5 Å². The first-order chi connectivity index (χ1) is 11.8. The maximum absolute atomic E-state index is 12.3. The number of thiazole rings is 1. The van der Waals surface area contributed by atoms with Crippen molar-refractivity contribution in [2.45, 2.75) is 4.90 Å². The lowest BCUT2D eigenvalue weighted by Crippen LogP contribution is -2.25. The summed E-state index contributed by atoms with van der Waals surface area (Å²) in [6.07, 6.45) is 1.37. The van der Waals surface area contributed by atoms with Crippen molar-refractivity contribution in [3.05, 3.63) is 35.5 Å². The highest BCUT2D eigenvalue weighted by molar-refractivity contribution is 7.93. The summed E-state index contributed by atoms with van der Waals surface area (Å²) in [4.78, 5) is 18.9. The predicted molar refractivity (Wildman–Crippen MR) is 93.4 cm³/mol. The summed E-state index contributed by atoms with van der Waals surface area (Å²) in [6.45, 7) is -0.319. The zero-order valence-electron chi connectivity index (χ0n) is 12.6. The second-order valence-electron chi connectivity index (χ2n) is 4.58. The van der Waals surface area contributed by atoms with Gasteiger partial charge in [0.1, 0.15) is 17.6 Å². The molecule has 1 aromatic carbocycles. The maximum Gasteiger partial charge on any atom is 0.262 e. The number of hydrogen-bond acceptors (Lipinski definition) is 7. The Balaban J connectivity index is 2.23. The van der Waals surface area contributed by atoms with Crippen LogP contribution in [-0.4, -0.2) is 31.8 Å². The third-order valence-corrected chi connectivity index (χ3v) is 4.95. The molecule has 0 atom stereocenters. The van der Waals surface area contributed by atoms with Crippen molar-refractivity contribution in [2.75, 3.05) is 16.6 Å². The summed E-state index contributed by atoms with van der Waals surface area (Å²) in [5.74, 6) is -0.797. The highest BCUT2D eigenvalue weighted by atomic mass is 32.2. The fourth-order valence-corrected chi connectivity index (χ4v) is 3.54. The van der Waals surface area contributed by atoms with E-state index in [9.17, 15) is 18.5 Å². The number of rotatable bonds is 6. The number of nitrogens with one attached hydrogen (secondary N) is 2. The van der Waals surface area contributed by atoms with Crippen LogP contribution < -0.4 is 21.5 Å². The average molecular weight is 379 g/mol. The Kier molecular flexibility index (Phi) is 5.52. The van der Waals surface area contributed by atoms with Gasteiger partial charge in [-0.2, -0.15) is 5.26 Å². The summed E-state index contributed by atoms with van der Waals surface area (Å²) in [7, 11) is -3.88. The van der Waals surface area contributed by atoms with E-state index in [1.165, 1.54) is 23.8 Å². The number of guanidine groups is 1. The lowest BCUT2D eigenvalue weighted by molar-refractivity contribution is -0.114. The molecular formula is C13H13N7O3S2. The van der Waals surface area contributed by atoms with E-state index in [2.05, 4.69) is 20.0 Å². The first-order valence-corrected chi connectivity index (χ1v) is 8.99. The van der Waals surface area contributed by atoms with Gasteiger partial charge in [-0.05, 0) is 18.2 Å². The molecular weight excluding hydrogens is 366 g/mol. The van der Waals surface area contributed by atoms with Gasteiger partial charge < -0.3 is 16.8 Å². The molecule has 0 spiro atoms. The first-order valence-electron chi connectivity index (χ1n) is 6.62. The van der Waals surface area contributed by atoms with Gasteiger partial charge in [0.2, 0.25) is 5.91 Å². The number of nitrogens with two attached hydrogens (primary N) is 2. The topological polar surface area (TPSA) is 176 Å². The Hall–Kier alpha value is -3.17. The fraction of sp³-hybridized carbons (Fsp3) is 0.0769. The van der Waals surface area contributed by atoms with Crippen molar-refractivity contribution in [1.82, 2.24) is 4.98 Å². The monoisotopic (exact) mass is 379 g/mol. The molecule has 0 saturated heterocycles. The molecule has 12 heteroatoms. The fourth-order valence-electron chi connectivity index (χ4n) is 1.70. The van der Waals surface area contributed by atoms with Crippen molar-refractivity contribution in [1.29, 1.82) is 5.26 Å². The molecule has 6 N–H and O–H groups in total. The predicted octanol–water partition coefficient (Wildman–Crippen LogP) is 0.0275. The lowest BCUT2D eigenvalue weighted by atomic mass is 10.2. The molecule has 0 radical (unpaired) electrons. The lowest BCUT2D eigenvalue weighted by Gasteiger charge is -2.09. The van der Waals surface area contributed by atoms with E-state index in [-0.39, 0.29) is 28.7 Å². The van der Waals surface area contributed by atoms with Gasteiger partial charge in [0.05, 0.1) is 27.9 Å². The number of anilines is 2. The average Bonchev–Trinajstić information content (AvgIpc) is 3.05. The Labute approximate surface area is 147 Å². The molecule has 2 rings (SSSR count). The number of nitriles is 1. The van der Waals surface area contributed by atoms with E-state index in [0.717, 1.165) is 17.4 Å². The van der Waals surface area contributed by atoms with Crippen molar-refractivity contribution < 1.29 is 13.2 Å². The molecule has 2 aromatic rings. The highest BCUT2D eigenvalue weighted by Crippen LogP contribution is 2.23. The molecule has 10 nitrogen and oxygen atoms in total. The van der Waals surface area contributed by atoms with E-state index in [4.69, 9.17) is 11.5 Å². The van der Waals surface area contributed by atoms with Gasteiger partial charge in [-0.25, -0.2) is 13.4 Å². The summed E-state index contributed by atoms with van der Waals surface area (Å²) in [6, 6.07) is 5.56. The van der Waals surface area contributed by atoms with Crippen LogP contribution in [0.4, 0.5) is 10.7 Å². The van der Waals surface area contributed by atoms with Crippen LogP contribution in [0.15, 0.2) is 39.8 Å². The maximum atomic E-state index is 12.3. The molecule has 1 aromatic heterocycles. The minimum Gasteiger partial charge on any atom is -0.370 e. The third-order valence-electron chi connectivity index (χ3n) is 2.77. The van der Waals surface area contributed by atoms with Crippen molar-refractivity contribution in [3.63, 3.8) is 0 Å². The van der Waals surface area contributed by atoms with Crippen molar-refractivity contribution in [3.8, 4) is 6.07 Å². The minimum atomic E-state index is -3.88.